The Labute approximate surface area is 101 Å². The number of hydrogen-bond acceptors (Lipinski definition) is 3. The van der Waals surface area contributed by atoms with Crippen molar-refractivity contribution in [1.29, 1.82) is 0 Å². The van der Waals surface area contributed by atoms with Gasteiger partial charge in [-0.05, 0) is 23.8 Å². The number of amides is 1. The molecule has 1 heterocycles. The lowest BCUT2D eigenvalue weighted by atomic mass is 9.95. The van der Waals surface area contributed by atoms with Crippen LogP contribution in [0.5, 0.6) is 0 Å². The van der Waals surface area contributed by atoms with Crippen LogP contribution in [0.3, 0.4) is 0 Å². The van der Waals surface area contributed by atoms with E-state index in [0.717, 1.165) is 6.42 Å². The Morgan fingerprint density at radius 1 is 1.56 bits per heavy atom. The van der Waals surface area contributed by atoms with Crippen molar-refractivity contribution in [2.24, 2.45) is 17.6 Å². The van der Waals surface area contributed by atoms with Crippen LogP contribution in [0.15, 0.2) is 17.5 Å². The summed E-state index contributed by atoms with van der Waals surface area (Å²) >= 11 is 1.72. The predicted octanol–water partition coefficient (Wildman–Crippen LogP) is 1.64. The molecule has 1 unspecified atom stereocenters. The summed E-state index contributed by atoms with van der Waals surface area (Å²) < 4.78 is 0. The first kappa shape index (κ1) is 13.2. The predicted molar refractivity (Wildman–Crippen MR) is 68.4 cm³/mol. The molecule has 1 amide bonds. The highest BCUT2D eigenvalue weighted by Gasteiger charge is 2.19. The minimum Gasteiger partial charge on any atom is -0.355 e. The highest BCUT2D eigenvalue weighted by atomic mass is 32.1. The molecule has 0 aromatic carbocycles. The molecule has 0 aliphatic heterocycles. The van der Waals surface area contributed by atoms with Gasteiger partial charge in [-0.2, -0.15) is 0 Å². The minimum absolute atomic E-state index is 0.0664. The van der Waals surface area contributed by atoms with Crippen LogP contribution in [0.25, 0.3) is 0 Å². The Kier molecular flexibility index (Phi) is 5.49. The summed E-state index contributed by atoms with van der Waals surface area (Å²) in [7, 11) is 0. The van der Waals surface area contributed by atoms with Crippen molar-refractivity contribution < 1.29 is 4.79 Å². The summed E-state index contributed by atoms with van der Waals surface area (Å²) in [6, 6.07) is 4.11. The lowest BCUT2D eigenvalue weighted by Crippen LogP contribution is -2.38. The fourth-order valence-corrected chi connectivity index (χ4v) is 2.29. The van der Waals surface area contributed by atoms with E-state index in [2.05, 4.69) is 11.4 Å². The largest absolute Gasteiger partial charge is 0.355 e. The van der Waals surface area contributed by atoms with Crippen LogP contribution in [0.4, 0.5) is 0 Å². The Hall–Kier alpha value is -0.870. The van der Waals surface area contributed by atoms with Crippen molar-refractivity contribution >= 4 is 17.2 Å². The van der Waals surface area contributed by atoms with Gasteiger partial charge in [0, 0.05) is 18.0 Å². The SMILES string of the molecule is CC(C)C(CN)C(=O)NCCc1cccs1. The van der Waals surface area contributed by atoms with Crippen LogP contribution in [0.2, 0.25) is 0 Å². The molecule has 0 bridgehead atoms. The molecule has 90 valence electrons. The van der Waals surface area contributed by atoms with E-state index in [4.69, 9.17) is 5.73 Å². The molecule has 0 saturated heterocycles. The van der Waals surface area contributed by atoms with E-state index < -0.39 is 0 Å². The standard InChI is InChI=1S/C12H20N2OS/c1-9(2)11(8-13)12(15)14-6-5-10-4-3-7-16-10/h3-4,7,9,11H,5-6,8,13H2,1-2H3,(H,14,15). The molecule has 1 atom stereocenters. The fraction of sp³-hybridized carbons (Fsp3) is 0.583. The van der Waals surface area contributed by atoms with Crippen molar-refractivity contribution in [3.8, 4) is 0 Å². The zero-order valence-electron chi connectivity index (χ0n) is 9.90. The first-order valence-electron chi connectivity index (χ1n) is 5.65. The van der Waals surface area contributed by atoms with Crippen molar-refractivity contribution in [3.63, 3.8) is 0 Å². The second-order valence-electron chi connectivity index (χ2n) is 4.21. The number of carbonyl (C=O) groups excluding carboxylic acids is 1. The van der Waals surface area contributed by atoms with Crippen molar-refractivity contribution in [3.05, 3.63) is 22.4 Å². The molecular weight excluding hydrogens is 220 g/mol. The van der Waals surface area contributed by atoms with Gasteiger partial charge >= 0.3 is 0 Å². The highest BCUT2D eigenvalue weighted by molar-refractivity contribution is 7.09. The maximum atomic E-state index is 11.8. The van der Waals surface area contributed by atoms with Crippen LogP contribution in [-0.4, -0.2) is 19.0 Å². The molecule has 1 aromatic heterocycles. The normalized spacial score (nSPS) is 12.8. The van der Waals surface area contributed by atoms with Gasteiger partial charge in [0.15, 0.2) is 0 Å². The maximum absolute atomic E-state index is 11.8. The summed E-state index contributed by atoms with van der Waals surface area (Å²) in [6.45, 7) is 5.16. The monoisotopic (exact) mass is 240 g/mol. The number of thiophene rings is 1. The summed E-state index contributed by atoms with van der Waals surface area (Å²) in [5.41, 5.74) is 5.58. The molecule has 3 N–H and O–H groups in total. The highest BCUT2D eigenvalue weighted by Crippen LogP contribution is 2.10. The molecule has 0 spiro atoms. The molecule has 1 aromatic rings. The molecular formula is C12H20N2OS. The van der Waals surface area contributed by atoms with Crippen LogP contribution in [0, 0.1) is 11.8 Å². The molecule has 16 heavy (non-hydrogen) atoms. The van der Waals surface area contributed by atoms with Gasteiger partial charge < -0.3 is 11.1 Å². The summed E-state index contributed by atoms with van der Waals surface area (Å²) in [6.07, 6.45) is 0.902. The topological polar surface area (TPSA) is 55.1 Å². The number of hydrogen-bond donors (Lipinski definition) is 2. The van der Waals surface area contributed by atoms with Gasteiger partial charge in [-0.1, -0.05) is 19.9 Å². The average molecular weight is 240 g/mol. The first-order chi connectivity index (χ1) is 7.65. The third-order valence-corrected chi connectivity index (χ3v) is 3.58. The molecule has 0 radical (unpaired) electrons. The Bertz CT molecular complexity index is 309. The van der Waals surface area contributed by atoms with Crippen LogP contribution >= 0.6 is 11.3 Å². The zero-order valence-corrected chi connectivity index (χ0v) is 10.7. The van der Waals surface area contributed by atoms with Gasteiger partial charge in [-0.15, -0.1) is 11.3 Å². The van der Waals surface area contributed by atoms with E-state index in [-0.39, 0.29) is 11.8 Å². The molecule has 0 saturated carbocycles. The molecule has 0 fully saturated rings. The second kappa shape index (κ2) is 6.66. The van der Waals surface area contributed by atoms with E-state index in [9.17, 15) is 4.79 Å². The van der Waals surface area contributed by atoms with Gasteiger partial charge in [-0.25, -0.2) is 0 Å². The zero-order chi connectivity index (χ0) is 12.0. The van der Waals surface area contributed by atoms with Crippen LogP contribution in [0.1, 0.15) is 18.7 Å². The van der Waals surface area contributed by atoms with Gasteiger partial charge in [0.1, 0.15) is 0 Å². The van der Waals surface area contributed by atoms with E-state index in [0.29, 0.717) is 19.0 Å². The molecule has 1 rings (SSSR count). The van der Waals surface area contributed by atoms with Crippen molar-refractivity contribution in [2.45, 2.75) is 20.3 Å². The van der Waals surface area contributed by atoms with Gasteiger partial charge in [-0.3, -0.25) is 4.79 Å². The van der Waals surface area contributed by atoms with Crippen molar-refractivity contribution in [2.75, 3.05) is 13.1 Å². The minimum atomic E-state index is -0.0664. The quantitative estimate of drug-likeness (QED) is 0.794. The lowest BCUT2D eigenvalue weighted by Gasteiger charge is -2.17. The first-order valence-corrected chi connectivity index (χ1v) is 6.53. The van der Waals surface area contributed by atoms with Gasteiger partial charge in [0.2, 0.25) is 5.91 Å². The summed E-state index contributed by atoms with van der Waals surface area (Å²) in [5.74, 6) is 0.309. The van der Waals surface area contributed by atoms with Crippen molar-refractivity contribution in [1.82, 2.24) is 5.32 Å². The molecule has 4 heteroatoms. The van der Waals surface area contributed by atoms with Crippen LogP contribution < -0.4 is 11.1 Å². The molecule has 3 nitrogen and oxygen atoms in total. The van der Waals surface area contributed by atoms with E-state index in [1.807, 2.05) is 25.3 Å². The maximum Gasteiger partial charge on any atom is 0.224 e. The van der Waals surface area contributed by atoms with Gasteiger partial charge in [0.25, 0.3) is 0 Å². The number of rotatable bonds is 6. The number of carbonyl (C=O) groups is 1. The Morgan fingerprint density at radius 2 is 2.31 bits per heavy atom. The number of nitrogens with one attached hydrogen (secondary N) is 1. The molecule has 0 aliphatic rings. The number of nitrogens with two attached hydrogens (primary N) is 1. The fourth-order valence-electron chi connectivity index (χ4n) is 1.58. The Morgan fingerprint density at radius 3 is 2.81 bits per heavy atom. The lowest BCUT2D eigenvalue weighted by molar-refractivity contribution is -0.125. The third kappa shape index (κ3) is 3.94. The smallest absolute Gasteiger partial charge is 0.224 e. The second-order valence-corrected chi connectivity index (χ2v) is 5.24. The summed E-state index contributed by atoms with van der Waals surface area (Å²) in [5, 5.41) is 4.99. The molecule has 0 aliphatic carbocycles. The average Bonchev–Trinajstić information content (AvgIpc) is 2.71. The Balaban J connectivity index is 2.29. The van der Waals surface area contributed by atoms with Crippen LogP contribution in [-0.2, 0) is 11.2 Å². The summed E-state index contributed by atoms with van der Waals surface area (Å²) in [4.78, 5) is 13.1. The van der Waals surface area contributed by atoms with Gasteiger partial charge in [0.05, 0.1) is 5.92 Å². The van der Waals surface area contributed by atoms with E-state index in [1.165, 1.54) is 4.88 Å². The van der Waals surface area contributed by atoms with E-state index in [1.54, 1.807) is 11.3 Å². The van der Waals surface area contributed by atoms with E-state index >= 15 is 0 Å². The third-order valence-electron chi connectivity index (χ3n) is 2.65.